The van der Waals surface area contributed by atoms with Gasteiger partial charge in [0.2, 0.25) is 0 Å². The molecule has 1 N–H and O–H groups in total. The minimum Gasteiger partial charge on any atom is -0.375 e. The van der Waals surface area contributed by atoms with Crippen LogP contribution in [0.4, 0.5) is 8.78 Å². The molecule has 0 aliphatic heterocycles. The van der Waals surface area contributed by atoms with E-state index in [1.54, 1.807) is 12.1 Å². The lowest BCUT2D eigenvalue weighted by molar-refractivity contribution is 0.0143. The molecule has 0 saturated carbocycles. The van der Waals surface area contributed by atoms with Gasteiger partial charge in [0.15, 0.2) is 0 Å². The van der Waals surface area contributed by atoms with E-state index in [0.29, 0.717) is 16.5 Å². The lowest BCUT2D eigenvalue weighted by Gasteiger charge is -2.20. The molecule has 0 fully saturated rings. The largest absolute Gasteiger partial charge is 0.375 e. The monoisotopic (exact) mass is 325 g/mol. The highest BCUT2D eigenvalue weighted by Gasteiger charge is 2.14. The van der Waals surface area contributed by atoms with E-state index in [1.807, 2.05) is 6.07 Å². The Labute approximate surface area is 128 Å². The minimum absolute atomic E-state index is 0.0302. The van der Waals surface area contributed by atoms with Gasteiger partial charge < -0.3 is 10.1 Å². The van der Waals surface area contributed by atoms with E-state index >= 15 is 0 Å². The molecule has 0 spiro atoms. The van der Waals surface area contributed by atoms with Crippen molar-refractivity contribution >= 4 is 23.2 Å². The highest BCUT2D eigenvalue weighted by molar-refractivity contribution is 6.35. The molecule has 0 saturated heterocycles. The van der Waals surface area contributed by atoms with Crippen LogP contribution < -0.4 is 5.32 Å². The molecule has 0 aliphatic rings. The summed E-state index contributed by atoms with van der Waals surface area (Å²) >= 11 is 12.1. The van der Waals surface area contributed by atoms with Crippen LogP contribution in [0.25, 0.3) is 0 Å². The number of hydrogen-bond donors (Lipinski definition) is 1. The number of benzene rings is 1. The molecule has 1 unspecified atom stereocenters. The summed E-state index contributed by atoms with van der Waals surface area (Å²) in [4.78, 5) is 0. The lowest BCUT2D eigenvalue weighted by atomic mass is 10.0. The van der Waals surface area contributed by atoms with E-state index < -0.39 is 13.0 Å². The van der Waals surface area contributed by atoms with Gasteiger partial charge in [-0.1, -0.05) is 36.2 Å². The molecule has 0 amide bonds. The second-order valence-electron chi connectivity index (χ2n) is 4.43. The molecule has 1 rings (SSSR count). The summed E-state index contributed by atoms with van der Waals surface area (Å²) in [6.07, 6.45) is -0.885. The third-order valence-electron chi connectivity index (χ3n) is 2.77. The van der Waals surface area contributed by atoms with Crippen LogP contribution >= 0.6 is 23.2 Å². The Morgan fingerprint density at radius 1 is 1.30 bits per heavy atom. The summed E-state index contributed by atoms with van der Waals surface area (Å²) in [7, 11) is 0. The standard InChI is InChI=1S/C14H19Cl2F2NO/c1-2-6-19-13(5-7-20-9-14(17)18)11-4-3-10(15)8-12(11)16/h3-4,8,13-14,19H,2,5-7,9H2,1H3. The second kappa shape index (κ2) is 9.50. The third-order valence-corrected chi connectivity index (χ3v) is 3.34. The van der Waals surface area contributed by atoms with Crippen LogP contribution in [0.15, 0.2) is 18.2 Å². The first-order chi connectivity index (χ1) is 9.54. The first-order valence-electron chi connectivity index (χ1n) is 6.58. The van der Waals surface area contributed by atoms with Crippen LogP contribution in [0.5, 0.6) is 0 Å². The van der Waals surface area contributed by atoms with Gasteiger partial charge in [-0.05, 0) is 37.1 Å². The fourth-order valence-corrected chi connectivity index (χ4v) is 2.38. The van der Waals surface area contributed by atoms with Crippen molar-refractivity contribution < 1.29 is 13.5 Å². The van der Waals surface area contributed by atoms with Gasteiger partial charge in [-0.3, -0.25) is 0 Å². The van der Waals surface area contributed by atoms with E-state index in [9.17, 15) is 8.78 Å². The van der Waals surface area contributed by atoms with Crippen LogP contribution in [0.2, 0.25) is 10.0 Å². The number of nitrogens with one attached hydrogen (secondary N) is 1. The van der Waals surface area contributed by atoms with E-state index in [1.165, 1.54) is 0 Å². The third kappa shape index (κ3) is 6.35. The first-order valence-corrected chi connectivity index (χ1v) is 7.34. The van der Waals surface area contributed by atoms with Gasteiger partial charge in [0, 0.05) is 22.7 Å². The summed E-state index contributed by atoms with van der Waals surface area (Å²) in [5, 5.41) is 4.48. The Morgan fingerprint density at radius 2 is 2.05 bits per heavy atom. The van der Waals surface area contributed by atoms with Gasteiger partial charge in [0.05, 0.1) is 0 Å². The Balaban J connectivity index is 2.62. The molecule has 114 valence electrons. The van der Waals surface area contributed by atoms with Crippen LogP contribution in [0.1, 0.15) is 31.4 Å². The Bertz CT molecular complexity index is 405. The molecule has 1 aromatic carbocycles. The fourth-order valence-electron chi connectivity index (χ4n) is 1.84. The zero-order valence-corrected chi connectivity index (χ0v) is 12.9. The van der Waals surface area contributed by atoms with Gasteiger partial charge in [0.25, 0.3) is 6.43 Å². The maximum absolute atomic E-state index is 12.0. The Kier molecular flexibility index (Phi) is 8.38. The quantitative estimate of drug-likeness (QED) is 0.664. The molecule has 6 heteroatoms. The van der Waals surface area contributed by atoms with E-state index in [-0.39, 0.29) is 12.6 Å². The SMILES string of the molecule is CCCNC(CCOCC(F)F)c1ccc(Cl)cc1Cl. The van der Waals surface area contributed by atoms with Crippen molar-refractivity contribution in [2.75, 3.05) is 19.8 Å². The molecule has 0 aromatic heterocycles. The van der Waals surface area contributed by atoms with Crippen molar-refractivity contribution in [2.24, 2.45) is 0 Å². The number of alkyl halides is 2. The predicted molar refractivity (Wildman–Crippen MR) is 78.9 cm³/mol. The van der Waals surface area contributed by atoms with E-state index in [4.69, 9.17) is 27.9 Å². The number of ether oxygens (including phenoxy) is 1. The summed E-state index contributed by atoms with van der Waals surface area (Å²) in [6.45, 7) is 2.60. The molecule has 0 heterocycles. The molecular formula is C14H19Cl2F2NO. The van der Waals surface area contributed by atoms with Gasteiger partial charge in [-0.25, -0.2) is 8.78 Å². The smallest absolute Gasteiger partial charge is 0.261 e. The molecule has 0 radical (unpaired) electrons. The van der Waals surface area contributed by atoms with E-state index in [0.717, 1.165) is 18.5 Å². The Morgan fingerprint density at radius 3 is 2.65 bits per heavy atom. The molecule has 1 aromatic rings. The van der Waals surface area contributed by atoms with Crippen molar-refractivity contribution in [1.82, 2.24) is 5.32 Å². The lowest BCUT2D eigenvalue weighted by Crippen LogP contribution is -2.24. The van der Waals surface area contributed by atoms with Crippen molar-refractivity contribution in [3.8, 4) is 0 Å². The van der Waals surface area contributed by atoms with Gasteiger partial charge in [-0.2, -0.15) is 0 Å². The summed E-state index contributed by atoms with van der Waals surface area (Å²) < 4.78 is 29.0. The van der Waals surface area contributed by atoms with Crippen LogP contribution in [-0.2, 0) is 4.74 Å². The normalized spacial score (nSPS) is 12.9. The van der Waals surface area contributed by atoms with E-state index in [2.05, 4.69) is 12.2 Å². The van der Waals surface area contributed by atoms with Crippen molar-refractivity contribution in [2.45, 2.75) is 32.2 Å². The number of rotatable bonds is 9. The summed E-state index contributed by atoms with van der Waals surface area (Å²) in [5.74, 6) is 0. The average molecular weight is 326 g/mol. The van der Waals surface area contributed by atoms with Gasteiger partial charge in [-0.15, -0.1) is 0 Å². The maximum atomic E-state index is 12.0. The second-order valence-corrected chi connectivity index (χ2v) is 5.27. The van der Waals surface area contributed by atoms with Gasteiger partial charge in [0.1, 0.15) is 6.61 Å². The molecule has 0 bridgehead atoms. The van der Waals surface area contributed by atoms with Crippen LogP contribution in [-0.4, -0.2) is 26.2 Å². The molecule has 0 aliphatic carbocycles. The highest BCUT2D eigenvalue weighted by atomic mass is 35.5. The number of halogens is 4. The van der Waals surface area contributed by atoms with Crippen molar-refractivity contribution in [1.29, 1.82) is 0 Å². The number of hydrogen-bond acceptors (Lipinski definition) is 2. The zero-order valence-electron chi connectivity index (χ0n) is 11.3. The van der Waals surface area contributed by atoms with Crippen LogP contribution in [0.3, 0.4) is 0 Å². The Hall–Kier alpha value is -0.420. The topological polar surface area (TPSA) is 21.3 Å². The van der Waals surface area contributed by atoms with Gasteiger partial charge >= 0.3 is 0 Å². The maximum Gasteiger partial charge on any atom is 0.261 e. The molecular weight excluding hydrogens is 307 g/mol. The van der Waals surface area contributed by atoms with Crippen LogP contribution in [0, 0.1) is 0 Å². The van der Waals surface area contributed by atoms with Crippen molar-refractivity contribution in [3.63, 3.8) is 0 Å². The summed E-state index contributed by atoms with van der Waals surface area (Å²) in [5.41, 5.74) is 0.908. The zero-order chi connectivity index (χ0) is 15.0. The minimum atomic E-state index is -2.43. The molecule has 20 heavy (non-hydrogen) atoms. The predicted octanol–water partition coefficient (Wildman–Crippen LogP) is 4.71. The fraction of sp³-hybridized carbons (Fsp3) is 0.571. The average Bonchev–Trinajstić information content (AvgIpc) is 2.38. The molecule has 2 nitrogen and oxygen atoms in total. The highest BCUT2D eigenvalue weighted by Crippen LogP contribution is 2.28. The van der Waals surface area contributed by atoms with Crippen molar-refractivity contribution in [3.05, 3.63) is 33.8 Å². The molecule has 1 atom stereocenters. The summed E-state index contributed by atoms with van der Waals surface area (Å²) in [6, 6.07) is 5.27. The first kappa shape index (κ1) is 17.6.